The fourth-order valence-electron chi connectivity index (χ4n) is 5.20. The predicted molar refractivity (Wildman–Crippen MR) is 188 cm³/mol. The highest BCUT2D eigenvalue weighted by Crippen LogP contribution is 2.36. The summed E-state index contributed by atoms with van der Waals surface area (Å²) in [7, 11) is 0. The molecule has 0 saturated heterocycles. The fraction of sp³-hybridized carbons (Fsp3) is 0.351. The van der Waals surface area contributed by atoms with Gasteiger partial charge in [-0.1, -0.05) is 27.7 Å². The van der Waals surface area contributed by atoms with E-state index in [-0.39, 0.29) is 10.6 Å². The molecule has 0 aliphatic carbocycles. The van der Waals surface area contributed by atoms with Crippen LogP contribution in [0.3, 0.4) is 0 Å². The summed E-state index contributed by atoms with van der Waals surface area (Å²) < 4.78 is 61.1. The summed E-state index contributed by atoms with van der Waals surface area (Å²) in [5.74, 6) is 1.42. The summed E-state index contributed by atoms with van der Waals surface area (Å²) >= 11 is 0. The van der Waals surface area contributed by atoms with Crippen LogP contribution in [0, 0.1) is 11.3 Å². The molecule has 49 heavy (non-hydrogen) atoms. The molecule has 0 aromatic heterocycles. The molecule has 1 atom stereocenters. The molecule has 0 aliphatic rings. The van der Waals surface area contributed by atoms with E-state index in [1.54, 1.807) is 48.5 Å². The van der Waals surface area contributed by atoms with E-state index in [1.807, 2.05) is 24.3 Å². The van der Waals surface area contributed by atoms with Gasteiger partial charge in [-0.05, 0) is 121 Å². The van der Waals surface area contributed by atoms with Gasteiger partial charge in [0.1, 0.15) is 5.75 Å². The van der Waals surface area contributed by atoms with Gasteiger partial charge < -0.3 is 15.6 Å². The number of hydrazine groups is 1. The number of anilines is 3. The predicted octanol–water partition coefficient (Wildman–Crippen LogP) is 12.8. The number of halogens is 4. The van der Waals surface area contributed by atoms with Crippen molar-refractivity contribution in [1.29, 1.82) is 0 Å². The number of hydrogen-bond acceptors (Lipinski definition) is 8. The number of ether oxygens (including phenoxy) is 1. The SMILES string of the molecule is CC(CCOc1ccc(/N=N/c2ccc(/N=N/c3ccc(NNc4ccc(N(C(C)(F)F)C(C)(F)F)cc4)cc3)cc2)cc1)CC(C)(C)C. The molecule has 4 aromatic carbocycles. The second-order valence-electron chi connectivity index (χ2n) is 13.3. The van der Waals surface area contributed by atoms with Gasteiger partial charge in [0.15, 0.2) is 0 Å². The Morgan fingerprint density at radius 1 is 0.592 bits per heavy atom. The quantitative estimate of drug-likeness (QED) is 0.0567. The molecule has 4 rings (SSSR count). The van der Waals surface area contributed by atoms with Gasteiger partial charge in [-0.15, -0.1) is 0 Å². The van der Waals surface area contributed by atoms with Crippen LogP contribution in [0.2, 0.25) is 0 Å². The summed E-state index contributed by atoms with van der Waals surface area (Å²) in [4.78, 5) is -0.224. The first-order chi connectivity index (χ1) is 23.0. The molecule has 4 aromatic rings. The molecule has 0 amide bonds. The van der Waals surface area contributed by atoms with Crippen molar-refractivity contribution in [2.75, 3.05) is 22.4 Å². The van der Waals surface area contributed by atoms with E-state index >= 15 is 0 Å². The summed E-state index contributed by atoms with van der Waals surface area (Å²) in [5.41, 5.74) is 9.71. The van der Waals surface area contributed by atoms with E-state index < -0.39 is 12.1 Å². The van der Waals surface area contributed by atoms with E-state index in [0.717, 1.165) is 24.3 Å². The molecule has 0 radical (unpaired) electrons. The molecule has 0 aliphatic heterocycles. The number of alkyl halides is 4. The van der Waals surface area contributed by atoms with Crippen LogP contribution < -0.4 is 20.5 Å². The Kier molecular flexibility index (Phi) is 12.0. The Balaban J connectivity index is 1.23. The molecule has 12 heteroatoms. The van der Waals surface area contributed by atoms with Gasteiger partial charge in [0.25, 0.3) is 0 Å². The fourth-order valence-corrected chi connectivity index (χ4v) is 5.20. The number of nitrogens with one attached hydrogen (secondary N) is 2. The molecular weight excluding hydrogens is 634 g/mol. The van der Waals surface area contributed by atoms with Crippen LogP contribution in [-0.4, -0.2) is 18.7 Å². The average Bonchev–Trinajstić information content (AvgIpc) is 3.02. The largest absolute Gasteiger partial charge is 0.494 e. The van der Waals surface area contributed by atoms with Crippen molar-refractivity contribution in [2.45, 2.75) is 66.5 Å². The van der Waals surface area contributed by atoms with E-state index in [0.29, 0.717) is 60.2 Å². The number of benzene rings is 4. The van der Waals surface area contributed by atoms with Crippen LogP contribution in [0.15, 0.2) is 118 Å². The number of hydrogen-bond donors (Lipinski definition) is 2. The molecule has 1 unspecified atom stereocenters. The van der Waals surface area contributed by atoms with Gasteiger partial charge >= 0.3 is 12.1 Å². The summed E-state index contributed by atoms with van der Waals surface area (Å²) in [6, 6.07) is 19.6. The standard InChI is InChI=1S/C37H43F4N7O/c1-26(25-35(2,3)4)23-24-49-34-21-17-32(18-22-34)47-45-30-13-9-28(10-14-30)43-42-27-7-11-29(12-8-27)44-46-31-15-19-33(20-16-31)48(36(5,38)39)37(6,40)41/h7-22,26,44,46H,23-25H2,1-6H3/b43-42+,47-45+. The Morgan fingerprint density at radius 2 is 0.959 bits per heavy atom. The normalized spacial score (nSPS) is 13.1. The van der Waals surface area contributed by atoms with Crippen molar-refractivity contribution in [3.8, 4) is 5.75 Å². The lowest BCUT2D eigenvalue weighted by Gasteiger charge is -2.35. The van der Waals surface area contributed by atoms with Crippen molar-refractivity contribution in [3.63, 3.8) is 0 Å². The molecule has 260 valence electrons. The molecule has 0 bridgehead atoms. The van der Waals surface area contributed by atoms with Crippen molar-refractivity contribution < 1.29 is 22.3 Å². The third-order valence-corrected chi connectivity index (χ3v) is 7.22. The second-order valence-corrected chi connectivity index (χ2v) is 13.3. The molecule has 2 N–H and O–H groups in total. The Hall–Kier alpha value is -5.00. The third kappa shape index (κ3) is 12.2. The first kappa shape index (κ1) is 36.8. The average molecular weight is 678 g/mol. The highest BCUT2D eigenvalue weighted by Gasteiger charge is 2.45. The van der Waals surface area contributed by atoms with Gasteiger partial charge in [0.2, 0.25) is 0 Å². The minimum absolute atomic E-state index is 0.224. The van der Waals surface area contributed by atoms with Gasteiger partial charge in [-0.2, -0.15) is 38.0 Å². The summed E-state index contributed by atoms with van der Waals surface area (Å²) in [6.45, 7) is 10.6. The second kappa shape index (κ2) is 15.9. The van der Waals surface area contributed by atoms with Gasteiger partial charge in [-0.25, -0.2) is 0 Å². The van der Waals surface area contributed by atoms with Crippen molar-refractivity contribution in [1.82, 2.24) is 0 Å². The first-order valence-corrected chi connectivity index (χ1v) is 16.0. The number of nitrogens with zero attached hydrogens (tertiary/aromatic N) is 5. The van der Waals surface area contributed by atoms with Crippen molar-refractivity contribution >= 4 is 39.8 Å². The Bertz CT molecular complexity index is 1650. The number of rotatable bonds is 15. The van der Waals surface area contributed by atoms with Crippen molar-refractivity contribution in [3.05, 3.63) is 97.1 Å². The minimum Gasteiger partial charge on any atom is -0.494 e. The maximum Gasteiger partial charge on any atom is 0.327 e. The van der Waals surface area contributed by atoms with Crippen LogP contribution in [-0.2, 0) is 0 Å². The molecule has 0 spiro atoms. The smallest absolute Gasteiger partial charge is 0.327 e. The summed E-state index contributed by atoms with van der Waals surface area (Å²) in [5, 5.41) is 17.1. The first-order valence-electron chi connectivity index (χ1n) is 16.0. The van der Waals surface area contributed by atoms with E-state index in [9.17, 15) is 17.6 Å². The zero-order chi connectivity index (χ0) is 35.7. The molecular formula is C37H43F4N7O. The Labute approximate surface area is 285 Å². The molecule has 8 nitrogen and oxygen atoms in total. The van der Waals surface area contributed by atoms with Gasteiger partial charge in [0.05, 0.1) is 40.7 Å². The van der Waals surface area contributed by atoms with E-state index in [1.165, 1.54) is 24.3 Å². The van der Waals surface area contributed by atoms with Crippen LogP contribution in [0.25, 0.3) is 0 Å². The minimum atomic E-state index is -3.74. The molecule has 0 saturated carbocycles. The molecule has 0 fully saturated rings. The zero-order valence-electron chi connectivity index (χ0n) is 28.6. The van der Waals surface area contributed by atoms with Crippen molar-refractivity contribution in [2.24, 2.45) is 31.8 Å². The zero-order valence-corrected chi connectivity index (χ0v) is 28.6. The van der Waals surface area contributed by atoms with Gasteiger partial charge in [0, 0.05) is 19.5 Å². The van der Waals surface area contributed by atoms with E-state index in [4.69, 9.17) is 4.74 Å². The van der Waals surface area contributed by atoms with Crippen LogP contribution >= 0.6 is 0 Å². The summed E-state index contributed by atoms with van der Waals surface area (Å²) in [6.07, 6.45) is 2.18. The Morgan fingerprint density at radius 3 is 1.35 bits per heavy atom. The van der Waals surface area contributed by atoms with Gasteiger partial charge in [-0.3, -0.25) is 4.90 Å². The lowest BCUT2D eigenvalue weighted by molar-refractivity contribution is -0.0846. The molecule has 0 heterocycles. The van der Waals surface area contributed by atoms with Crippen LogP contribution in [0.1, 0.15) is 54.4 Å². The highest BCUT2D eigenvalue weighted by atomic mass is 19.3. The highest BCUT2D eigenvalue weighted by molar-refractivity contribution is 5.60. The lowest BCUT2D eigenvalue weighted by atomic mass is 9.84. The monoisotopic (exact) mass is 677 g/mol. The maximum atomic E-state index is 13.8. The lowest BCUT2D eigenvalue weighted by Crippen LogP contribution is -2.49. The third-order valence-electron chi connectivity index (χ3n) is 7.22. The topological polar surface area (TPSA) is 86.0 Å². The van der Waals surface area contributed by atoms with Crippen LogP contribution in [0.5, 0.6) is 5.75 Å². The maximum absolute atomic E-state index is 13.8. The van der Waals surface area contributed by atoms with E-state index in [2.05, 4.69) is 59.0 Å². The van der Waals surface area contributed by atoms with Crippen LogP contribution in [0.4, 0.5) is 57.4 Å². The number of azo groups is 2.